The molecule has 0 radical (unpaired) electrons. The van der Waals surface area contributed by atoms with Crippen molar-refractivity contribution >= 4 is 11.6 Å². The molecule has 2 aliphatic rings. The van der Waals surface area contributed by atoms with E-state index in [-0.39, 0.29) is 16.9 Å². The van der Waals surface area contributed by atoms with Crippen molar-refractivity contribution in [2.45, 2.75) is 38.1 Å². The molecule has 3 rings (SSSR count). The quantitative estimate of drug-likeness (QED) is 0.657. The Labute approximate surface area is 118 Å². The molecule has 2 saturated carbocycles. The van der Waals surface area contributed by atoms with Crippen molar-refractivity contribution in [3.8, 4) is 0 Å². The van der Waals surface area contributed by atoms with Crippen molar-refractivity contribution in [3.05, 3.63) is 34.6 Å². The van der Waals surface area contributed by atoms with Crippen molar-refractivity contribution in [1.29, 1.82) is 0 Å². The molecule has 104 valence electrons. The van der Waals surface area contributed by atoms with Crippen molar-refractivity contribution < 1.29 is 4.39 Å². The molecule has 2 fully saturated rings. The number of halogens is 2. The highest BCUT2D eigenvalue weighted by Gasteiger charge is 2.42. The Kier molecular flexibility index (Phi) is 3.79. The third kappa shape index (κ3) is 2.64. The summed E-state index contributed by atoms with van der Waals surface area (Å²) in [5.74, 6) is 7.73. The number of hydrogen-bond acceptors (Lipinski definition) is 2. The van der Waals surface area contributed by atoms with E-state index in [4.69, 9.17) is 17.4 Å². The fourth-order valence-corrected chi connectivity index (χ4v) is 4.16. The molecule has 4 atom stereocenters. The Bertz CT molecular complexity index is 465. The van der Waals surface area contributed by atoms with Crippen LogP contribution in [-0.2, 0) is 6.42 Å². The predicted octanol–water partition coefficient (Wildman–Crippen LogP) is 3.29. The molecule has 1 aromatic rings. The standard InChI is InChI=1S/C15H20ClFN2/c16-13-4-2-10(7-14(13)17)8-15(19-18)12-6-9-1-3-11(12)5-9/h2,4,7,9,11-12,15,19H,1,3,5-6,8,18H2. The minimum Gasteiger partial charge on any atom is -0.271 e. The first-order valence-electron chi connectivity index (χ1n) is 7.07. The van der Waals surface area contributed by atoms with Gasteiger partial charge in [0.2, 0.25) is 0 Å². The number of benzene rings is 1. The smallest absolute Gasteiger partial charge is 0.142 e. The van der Waals surface area contributed by atoms with Crippen LogP contribution in [0.15, 0.2) is 18.2 Å². The highest BCUT2D eigenvalue weighted by atomic mass is 35.5. The Morgan fingerprint density at radius 3 is 2.79 bits per heavy atom. The van der Waals surface area contributed by atoms with Crippen LogP contribution in [-0.4, -0.2) is 6.04 Å². The normalized spacial score (nSPS) is 30.8. The topological polar surface area (TPSA) is 38.0 Å². The molecule has 3 N–H and O–H groups in total. The number of nitrogens with two attached hydrogens (primary N) is 1. The SMILES string of the molecule is NNC(Cc1ccc(Cl)c(F)c1)C1CC2CCC1C2. The van der Waals surface area contributed by atoms with Gasteiger partial charge in [0, 0.05) is 6.04 Å². The van der Waals surface area contributed by atoms with Gasteiger partial charge in [-0.2, -0.15) is 0 Å². The van der Waals surface area contributed by atoms with Gasteiger partial charge < -0.3 is 0 Å². The van der Waals surface area contributed by atoms with E-state index >= 15 is 0 Å². The average Bonchev–Trinajstić information content (AvgIpc) is 3.02. The molecule has 0 aliphatic heterocycles. The van der Waals surface area contributed by atoms with E-state index in [1.54, 1.807) is 6.07 Å². The average molecular weight is 283 g/mol. The third-order valence-corrected chi connectivity index (χ3v) is 5.27. The summed E-state index contributed by atoms with van der Waals surface area (Å²) in [7, 11) is 0. The lowest BCUT2D eigenvalue weighted by Gasteiger charge is -2.30. The van der Waals surface area contributed by atoms with E-state index in [9.17, 15) is 4.39 Å². The van der Waals surface area contributed by atoms with Gasteiger partial charge in [-0.15, -0.1) is 0 Å². The summed E-state index contributed by atoms with van der Waals surface area (Å²) in [4.78, 5) is 0. The molecule has 2 nitrogen and oxygen atoms in total. The van der Waals surface area contributed by atoms with Gasteiger partial charge in [0.1, 0.15) is 5.82 Å². The van der Waals surface area contributed by atoms with Gasteiger partial charge in [-0.25, -0.2) is 4.39 Å². The van der Waals surface area contributed by atoms with Gasteiger partial charge in [0.05, 0.1) is 5.02 Å². The maximum Gasteiger partial charge on any atom is 0.142 e. The molecule has 2 aliphatic carbocycles. The summed E-state index contributed by atoms with van der Waals surface area (Å²) in [6.45, 7) is 0. The lowest BCUT2D eigenvalue weighted by atomic mass is 9.81. The molecule has 1 aromatic carbocycles. The van der Waals surface area contributed by atoms with Crippen LogP contribution in [0.2, 0.25) is 5.02 Å². The molecule has 0 spiro atoms. The summed E-state index contributed by atoms with van der Waals surface area (Å²) in [6, 6.07) is 5.29. The Hall–Kier alpha value is -0.640. The monoisotopic (exact) mass is 282 g/mol. The third-order valence-electron chi connectivity index (χ3n) is 4.96. The zero-order valence-electron chi connectivity index (χ0n) is 10.9. The number of fused-ring (bicyclic) bond motifs is 2. The molecule has 0 aromatic heterocycles. The van der Waals surface area contributed by atoms with Crippen molar-refractivity contribution in [3.63, 3.8) is 0 Å². The minimum absolute atomic E-state index is 0.181. The summed E-state index contributed by atoms with van der Waals surface area (Å²) in [5.41, 5.74) is 3.92. The lowest BCUT2D eigenvalue weighted by Crippen LogP contribution is -2.44. The van der Waals surface area contributed by atoms with E-state index in [1.807, 2.05) is 6.07 Å². The van der Waals surface area contributed by atoms with Crippen LogP contribution in [0, 0.1) is 23.6 Å². The number of hydrogen-bond donors (Lipinski definition) is 2. The summed E-state index contributed by atoms with van der Waals surface area (Å²) < 4.78 is 13.5. The molecular weight excluding hydrogens is 263 g/mol. The van der Waals surface area contributed by atoms with Gasteiger partial charge in [-0.05, 0) is 61.1 Å². The number of nitrogens with one attached hydrogen (secondary N) is 1. The first-order valence-corrected chi connectivity index (χ1v) is 7.45. The lowest BCUT2D eigenvalue weighted by molar-refractivity contribution is 0.248. The van der Waals surface area contributed by atoms with Gasteiger partial charge >= 0.3 is 0 Å². The maximum atomic E-state index is 13.5. The molecule has 0 amide bonds. The molecule has 19 heavy (non-hydrogen) atoms. The van der Waals surface area contributed by atoms with Crippen LogP contribution in [0.5, 0.6) is 0 Å². The second kappa shape index (κ2) is 5.39. The second-order valence-corrected chi connectivity index (χ2v) is 6.47. The second-order valence-electron chi connectivity index (χ2n) is 6.06. The van der Waals surface area contributed by atoms with Crippen LogP contribution in [0.1, 0.15) is 31.2 Å². The van der Waals surface area contributed by atoms with E-state index in [1.165, 1.54) is 31.7 Å². The van der Waals surface area contributed by atoms with Crippen LogP contribution in [0.25, 0.3) is 0 Å². The number of hydrazine groups is 1. The largest absolute Gasteiger partial charge is 0.271 e. The number of rotatable bonds is 4. The van der Waals surface area contributed by atoms with Crippen molar-refractivity contribution in [2.75, 3.05) is 0 Å². The Balaban J connectivity index is 1.71. The first-order chi connectivity index (χ1) is 9.17. The van der Waals surface area contributed by atoms with Gasteiger partial charge in [0.25, 0.3) is 0 Å². The molecule has 2 bridgehead atoms. The van der Waals surface area contributed by atoms with E-state index in [2.05, 4.69) is 5.43 Å². The molecule has 0 saturated heterocycles. The van der Waals surface area contributed by atoms with Crippen molar-refractivity contribution in [2.24, 2.45) is 23.6 Å². The highest BCUT2D eigenvalue weighted by molar-refractivity contribution is 6.30. The minimum atomic E-state index is -0.345. The highest BCUT2D eigenvalue weighted by Crippen LogP contribution is 2.49. The molecule has 4 unspecified atom stereocenters. The zero-order chi connectivity index (χ0) is 13.4. The zero-order valence-corrected chi connectivity index (χ0v) is 11.7. The van der Waals surface area contributed by atoms with Crippen molar-refractivity contribution in [1.82, 2.24) is 5.43 Å². The van der Waals surface area contributed by atoms with Crippen LogP contribution in [0.3, 0.4) is 0 Å². The van der Waals surface area contributed by atoms with E-state index in [0.29, 0.717) is 5.92 Å². The van der Waals surface area contributed by atoms with E-state index in [0.717, 1.165) is 23.8 Å². The molecule has 4 heteroatoms. The summed E-state index contributed by atoms with van der Waals surface area (Å²) in [5, 5.41) is 0.181. The predicted molar refractivity (Wildman–Crippen MR) is 75.2 cm³/mol. The fraction of sp³-hybridized carbons (Fsp3) is 0.600. The van der Waals surface area contributed by atoms with Gasteiger partial charge in [0.15, 0.2) is 0 Å². The van der Waals surface area contributed by atoms with Gasteiger partial charge in [-0.1, -0.05) is 24.1 Å². The first kappa shape index (κ1) is 13.3. The molecular formula is C15H20ClFN2. The van der Waals surface area contributed by atoms with Crippen LogP contribution in [0.4, 0.5) is 4.39 Å². The summed E-state index contributed by atoms with van der Waals surface area (Å²) >= 11 is 5.71. The maximum absolute atomic E-state index is 13.5. The van der Waals surface area contributed by atoms with Gasteiger partial charge in [-0.3, -0.25) is 11.3 Å². The van der Waals surface area contributed by atoms with Crippen LogP contribution >= 0.6 is 11.6 Å². The fourth-order valence-electron chi connectivity index (χ4n) is 4.04. The summed E-state index contributed by atoms with van der Waals surface area (Å²) in [6.07, 6.45) is 6.13. The Morgan fingerprint density at radius 1 is 1.37 bits per heavy atom. The van der Waals surface area contributed by atoms with Crippen LogP contribution < -0.4 is 11.3 Å². The molecule has 0 heterocycles. The van der Waals surface area contributed by atoms with E-state index < -0.39 is 0 Å². The Morgan fingerprint density at radius 2 is 2.21 bits per heavy atom.